The molecule has 0 saturated carbocycles. The molecule has 3 nitrogen and oxygen atoms in total. The van der Waals surface area contributed by atoms with E-state index in [-0.39, 0.29) is 5.91 Å². The predicted octanol–water partition coefficient (Wildman–Crippen LogP) is 2.11. The predicted molar refractivity (Wildman–Crippen MR) is 71.9 cm³/mol. The smallest absolute Gasteiger partial charge is 0.216 e. The molecule has 1 heterocycles. The van der Waals surface area contributed by atoms with Crippen molar-refractivity contribution in [1.82, 2.24) is 10.3 Å². The monoisotopic (exact) mass is 238 g/mol. The molecule has 0 spiro atoms. The van der Waals surface area contributed by atoms with Crippen LogP contribution in [0.4, 0.5) is 0 Å². The molecule has 0 radical (unpaired) electrons. The lowest BCUT2D eigenvalue weighted by Gasteiger charge is -1.98. The van der Waals surface area contributed by atoms with Crippen LogP contribution in [0.5, 0.6) is 0 Å². The van der Waals surface area contributed by atoms with Gasteiger partial charge in [0.05, 0.1) is 5.52 Å². The van der Waals surface area contributed by atoms with Gasteiger partial charge in [-0.05, 0) is 18.2 Å². The van der Waals surface area contributed by atoms with E-state index in [0.29, 0.717) is 13.0 Å². The van der Waals surface area contributed by atoms with Crippen molar-refractivity contribution in [2.24, 2.45) is 0 Å². The van der Waals surface area contributed by atoms with E-state index in [1.54, 1.807) is 6.20 Å². The summed E-state index contributed by atoms with van der Waals surface area (Å²) in [5, 5.41) is 3.78. The average Bonchev–Trinajstić information content (AvgIpc) is 2.38. The van der Waals surface area contributed by atoms with E-state index >= 15 is 0 Å². The fraction of sp³-hybridized carbons (Fsp3) is 0.200. The fourth-order valence-electron chi connectivity index (χ4n) is 1.67. The Balaban J connectivity index is 2.12. The summed E-state index contributed by atoms with van der Waals surface area (Å²) in [7, 11) is 0. The van der Waals surface area contributed by atoms with E-state index in [0.717, 1.165) is 16.5 Å². The van der Waals surface area contributed by atoms with Crippen LogP contribution in [0.15, 0.2) is 36.5 Å². The van der Waals surface area contributed by atoms with E-state index < -0.39 is 0 Å². The Bertz CT molecular complexity index is 618. The molecule has 0 atom stereocenters. The molecule has 1 aromatic carbocycles. The molecule has 1 N–H and O–H groups in total. The zero-order valence-corrected chi connectivity index (χ0v) is 10.2. The van der Waals surface area contributed by atoms with Crippen LogP contribution in [0.25, 0.3) is 10.9 Å². The normalized spacial score (nSPS) is 9.61. The van der Waals surface area contributed by atoms with E-state index in [2.05, 4.69) is 22.1 Å². The van der Waals surface area contributed by atoms with Crippen molar-refractivity contribution in [3.8, 4) is 11.8 Å². The van der Waals surface area contributed by atoms with Crippen LogP contribution in [0.1, 0.15) is 18.9 Å². The molecule has 2 rings (SSSR count). The maximum Gasteiger partial charge on any atom is 0.216 e. The highest BCUT2D eigenvalue weighted by molar-refractivity contribution is 5.84. The Morgan fingerprint density at radius 3 is 3.06 bits per heavy atom. The first-order valence-electron chi connectivity index (χ1n) is 5.84. The standard InChI is InChI=1S/C15H14N2O/c1-12(18)16-10-3-2-6-13-7-4-9-15-14(13)8-5-11-17-15/h4-5,7-9,11H,3,10H2,1H3,(H,16,18). The Morgan fingerprint density at radius 2 is 2.22 bits per heavy atom. The summed E-state index contributed by atoms with van der Waals surface area (Å²) in [5.74, 6) is 6.15. The SMILES string of the molecule is CC(=O)NCCC#Cc1cccc2ncccc12. The molecule has 1 amide bonds. The second kappa shape index (κ2) is 5.83. The first-order chi connectivity index (χ1) is 8.77. The second-order valence-electron chi connectivity index (χ2n) is 3.91. The van der Waals surface area contributed by atoms with E-state index in [9.17, 15) is 4.79 Å². The molecule has 18 heavy (non-hydrogen) atoms. The molecule has 0 aliphatic heterocycles. The van der Waals surface area contributed by atoms with Gasteiger partial charge in [-0.25, -0.2) is 0 Å². The zero-order chi connectivity index (χ0) is 12.8. The number of carbonyl (C=O) groups is 1. The molecule has 2 aromatic rings. The topological polar surface area (TPSA) is 42.0 Å². The third kappa shape index (κ3) is 3.08. The van der Waals surface area contributed by atoms with Crippen molar-refractivity contribution in [1.29, 1.82) is 0 Å². The average molecular weight is 238 g/mol. The van der Waals surface area contributed by atoms with Gasteiger partial charge in [0.15, 0.2) is 0 Å². The van der Waals surface area contributed by atoms with Crippen molar-refractivity contribution < 1.29 is 4.79 Å². The fourth-order valence-corrected chi connectivity index (χ4v) is 1.67. The first kappa shape index (κ1) is 12.1. The molecular weight excluding hydrogens is 224 g/mol. The Morgan fingerprint density at radius 1 is 1.33 bits per heavy atom. The number of nitrogens with zero attached hydrogens (tertiary/aromatic N) is 1. The third-order valence-corrected chi connectivity index (χ3v) is 2.49. The molecule has 0 bridgehead atoms. The van der Waals surface area contributed by atoms with Gasteiger partial charge in [0.2, 0.25) is 5.91 Å². The molecule has 0 aliphatic rings. The van der Waals surface area contributed by atoms with Crippen molar-refractivity contribution in [2.45, 2.75) is 13.3 Å². The minimum atomic E-state index is -0.0221. The maximum atomic E-state index is 10.7. The van der Waals surface area contributed by atoms with Crippen molar-refractivity contribution in [3.05, 3.63) is 42.1 Å². The molecule has 0 aliphatic carbocycles. The molecule has 3 heteroatoms. The minimum Gasteiger partial charge on any atom is -0.355 e. The number of hydrogen-bond donors (Lipinski definition) is 1. The van der Waals surface area contributed by atoms with Crippen molar-refractivity contribution >= 4 is 16.8 Å². The number of aromatic nitrogens is 1. The summed E-state index contributed by atoms with van der Waals surface area (Å²) < 4.78 is 0. The maximum absolute atomic E-state index is 10.7. The van der Waals surface area contributed by atoms with E-state index in [1.165, 1.54) is 6.92 Å². The summed E-state index contributed by atoms with van der Waals surface area (Å²) in [6.07, 6.45) is 2.42. The first-order valence-corrected chi connectivity index (χ1v) is 5.84. The number of fused-ring (bicyclic) bond motifs is 1. The number of hydrogen-bond acceptors (Lipinski definition) is 2. The number of rotatable bonds is 2. The lowest BCUT2D eigenvalue weighted by atomic mass is 10.1. The van der Waals surface area contributed by atoms with Crippen LogP contribution in [0, 0.1) is 11.8 Å². The summed E-state index contributed by atoms with van der Waals surface area (Å²) in [6, 6.07) is 9.82. The molecule has 90 valence electrons. The van der Waals surface area contributed by atoms with Gasteiger partial charge in [-0.3, -0.25) is 9.78 Å². The number of pyridine rings is 1. The third-order valence-electron chi connectivity index (χ3n) is 2.49. The van der Waals surface area contributed by atoms with Gasteiger partial charge < -0.3 is 5.32 Å². The second-order valence-corrected chi connectivity index (χ2v) is 3.91. The Hall–Kier alpha value is -2.34. The summed E-state index contributed by atoms with van der Waals surface area (Å²) in [4.78, 5) is 15.0. The molecule has 0 saturated heterocycles. The summed E-state index contributed by atoms with van der Waals surface area (Å²) in [5.41, 5.74) is 1.93. The van der Waals surface area contributed by atoms with E-state index in [1.807, 2.05) is 30.3 Å². The van der Waals surface area contributed by atoms with E-state index in [4.69, 9.17) is 0 Å². The lowest BCUT2D eigenvalue weighted by Crippen LogP contribution is -2.20. The van der Waals surface area contributed by atoms with Gasteiger partial charge in [-0.15, -0.1) is 0 Å². The molecule has 0 fully saturated rings. The summed E-state index contributed by atoms with van der Waals surface area (Å²) in [6.45, 7) is 2.09. The number of benzene rings is 1. The highest BCUT2D eigenvalue weighted by Crippen LogP contribution is 2.14. The molecule has 0 unspecified atom stereocenters. The van der Waals surface area contributed by atoms with Crippen LogP contribution in [0.2, 0.25) is 0 Å². The van der Waals surface area contributed by atoms with Gasteiger partial charge in [0, 0.05) is 37.0 Å². The molecule has 1 aromatic heterocycles. The Labute approximate surface area is 106 Å². The van der Waals surface area contributed by atoms with Gasteiger partial charge in [0.1, 0.15) is 0 Å². The van der Waals surface area contributed by atoms with Crippen molar-refractivity contribution in [3.63, 3.8) is 0 Å². The minimum absolute atomic E-state index is 0.0221. The number of carbonyl (C=O) groups excluding carboxylic acids is 1. The highest BCUT2D eigenvalue weighted by Gasteiger charge is 1.97. The van der Waals surface area contributed by atoms with Crippen molar-refractivity contribution in [2.75, 3.05) is 6.54 Å². The van der Waals surface area contributed by atoms with Crippen LogP contribution < -0.4 is 5.32 Å². The molecular formula is C15H14N2O. The van der Waals surface area contributed by atoms with Gasteiger partial charge in [-0.2, -0.15) is 0 Å². The van der Waals surface area contributed by atoms with Crippen LogP contribution in [-0.4, -0.2) is 17.4 Å². The quantitative estimate of drug-likeness (QED) is 0.643. The lowest BCUT2D eigenvalue weighted by molar-refractivity contribution is -0.118. The zero-order valence-electron chi connectivity index (χ0n) is 10.2. The largest absolute Gasteiger partial charge is 0.355 e. The van der Waals surface area contributed by atoms with Crippen LogP contribution >= 0.6 is 0 Å². The highest BCUT2D eigenvalue weighted by atomic mass is 16.1. The number of nitrogens with one attached hydrogen (secondary N) is 1. The number of amides is 1. The van der Waals surface area contributed by atoms with Gasteiger partial charge in [0.25, 0.3) is 0 Å². The van der Waals surface area contributed by atoms with Gasteiger partial charge >= 0.3 is 0 Å². The Kier molecular flexibility index (Phi) is 3.93. The van der Waals surface area contributed by atoms with Crippen LogP contribution in [0.3, 0.4) is 0 Å². The van der Waals surface area contributed by atoms with Crippen LogP contribution in [-0.2, 0) is 4.79 Å². The van der Waals surface area contributed by atoms with Gasteiger partial charge in [-0.1, -0.05) is 24.0 Å². The summed E-state index contributed by atoms with van der Waals surface area (Å²) >= 11 is 0.